The Balaban J connectivity index is 1.48. The van der Waals surface area contributed by atoms with Gasteiger partial charge in [0.25, 0.3) is 0 Å². The highest BCUT2D eigenvalue weighted by molar-refractivity contribution is 6.42. The molecule has 2 aromatic rings. The van der Waals surface area contributed by atoms with Crippen LogP contribution in [0.15, 0.2) is 30.6 Å². The molecule has 2 unspecified atom stereocenters. The first kappa shape index (κ1) is 17.0. The molecular weight excluding hydrogens is 362 g/mol. The number of hydrogen-bond donors (Lipinski definition) is 0. The van der Waals surface area contributed by atoms with Gasteiger partial charge in [0, 0.05) is 25.7 Å². The van der Waals surface area contributed by atoms with E-state index < -0.39 is 5.82 Å². The van der Waals surface area contributed by atoms with Crippen LogP contribution < -0.4 is 4.90 Å². The molecule has 0 N–H and O–H groups in total. The van der Waals surface area contributed by atoms with E-state index in [0.29, 0.717) is 28.0 Å². The van der Waals surface area contributed by atoms with Crippen molar-refractivity contribution in [1.82, 2.24) is 14.9 Å². The zero-order valence-corrected chi connectivity index (χ0v) is 15.2. The van der Waals surface area contributed by atoms with E-state index in [9.17, 15) is 4.39 Å². The Morgan fingerprint density at radius 3 is 2.60 bits per heavy atom. The first-order valence-electron chi connectivity index (χ1n) is 8.50. The molecule has 4 nitrogen and oxygen atoms in total. The van der Waals surface area contributed by atoms with Gasteiger partial charge in [-0.2, -0.15) is 0 Å². The number of halogens is 3. The van der Waals surface area contributed by atoms with Gasteiger partial charge in [0.15, 0.2) is 5.82 Å². The minimum absolute atomic E-state index is 0.402. The largest absolute Gasteiger partial charge is 0.339 e. The van der Waals surface area contributed by atoms with Crippen LogP contribution in [0.5, 0.6) is 0 Å². The summed E-state index contributed by atoms with van der Waals surface area (Å²) in [7, 11) is 0. The summed E-state index contributed by atoms with van der Waals surface area (Å²) >= 11 is 12.2. The van der Waals surface area contributed by atoms with Gasteiger partial charge in [0.1, 0.15) is 0 Å². The molecule has 2 aliphatic rings. The molecule has 2 fully saturated rings. The second-order valence-corrected chi connectivity index (χ2v) is 7.59. The second kappa shape index (κ2) is 7.06. The van der Waals surface area contributed by atoms with E-state index in [1.54, 1.807) is 0 Å². The van der Waals surface area contributed by atoms with Gasteiger partial charge in [-0.3, -0.25) is 4.90 Å². The van der Waals surface area contributed by atoms with Crippen LogP contribution >= 0.6 is 23.2 Å². The zero-order chi connectivity index (χ0) is 17.4. The summed E-state index contributed by atoms with van der Waals surface area (Å²) < 4.78 is 13.1. The van der Waals surface area contributed by atoms with Crippen LogP contribution in [0.2, 0.25) is 10.0 Å². The van der Waals surface area contributed by atoms with E-state index in [1.165, 1.54) is 24.4 Å². The maximum atomic E-state index is 13.1. The Kier molecular flexibility index (Phi) is 4.80. The molecule has 7 heteroatoms. The number of benzene rings is 1. The summed E-state index contributed by atoms with van der Waals surface area (Å²) in [6, 6.07) is 6.29. The molecular formula is C18H19Cl2FN4. The van der Waals surface area contributed by atoms with E-state index in [0.717, 1.165) is 32.6 Å². The molecule has 0 bridgehead atoms. The number of piperidine rings is 1. The van der Waals surface area contributed by atoms with Crippen molar-refractivity contribution >= 4 is 29.2 Å². The highest BCUT2D eigenvalue weighted by atomic mass is 35.5. The van der Waals surface area contributed by atoms with Crippen LogP contribution in [0.3, 0.4) is 0 Å². The van der Waals surface area contributed by atoms with Crippen LogP contribution in [0.25, 0.3) is 0 Å². The summed E-state index contributed by atoms with van der Waals surface area (Å²) in [6.07, 6.45) is 4.79. The maximum absolute atomic E-state index is 13.1. The normalized spacial score (nSPS) is 23.7. The van der Waals surface area contributed by atoms with E-state index in [4.69, 9.17) is 23.2 Å². The first-order valence-corrected chi connectivity index (χ1v) is 9.26. The van der Waals surface area contributed by atoms with Gasteiger partial charge in [0.2, 0.25) is 5.95 Å². The number of hydrogen-bond acceptors (Lipinski definition) is 4. The SMILES string of the molecule is Fc1cnc(N2CCC3CCN(Cc4ccc(Cl)c(Cl)c4)C3C2)nc1. The smallest absolute Gasteiger partial charge is 0.225 e. The number of fused-ring (bicyclic) bond motifs is 1. The van der Waals surface area contributed by atoms with Gasteiger partial charge in [-0.25, -0.2) is 14.4 Å². The Morgan fingerprint density at radius 1 is 1.08 bits per heavy atom. The summed E-state index contributed by atoms with van der Waals surface area (Å²) in [6.45, 7) is 3.73. The predicted octanol–water partition coefficient (Wildman–Crippen LogP) is 4.02. The van der Waals surface area contributed by atoms with E-state index in [2.05, 4.69) is 19.8 Å². The predicted molar refractivity (Wildman–Crippen MR) is 97.6 cm³/mol. The third-order valence-electron chi connectivity index (χ3n) is 5.24. The average molecular weight is 381 g/mol. The van der Waals surface area contributed by atoms with Crippen molar-refractivity contribution in [2.24, 2.45) is 5.92 Å². The topological polar surface area (TPSA) is 32.3 Å². The zero-order valence-electron chi connectivity index (χ0n) is 13.7. The fourth-order valence-electron chi connectivity index (χ4n) is 3.95. The first-order chi connectivity index (χ1) is 12.1. The second-order valence-electron chi connectivity index (χ2n) is 6.77. The Morgan fingerprint density at radius 2 is 1.84 bits per heavy atom. The Labute approximate surface area is 156 Å². The van der Waals surface area contributed by atoms with Crippen LogP contribution in [0, 0.1) is 11.7 Å². The summed E-state index contributed by atoms with van der Waals surface area (Å²) in [5, 5.41) is 1.18. The maximum Gasteiger partial charge on any atom is 0.225 e. The monoisotopic (exact) mass is 380 g/mol. The lowest BCUT2D eigenvalue weighted by Gasteiger charge is -2.38. The van der Waals surface area contributed by atoms with Gasteiger partial charge in [-0.15, -0.1) is 0 Å². The quantitative estimate of drug-likeness (QED) is 0.804. The average Bonchev–Trinajstić information content (AvgIpc) is 3.01. The van der Waals surface area contributed by atoms with Gasteiger partial charge in [-0.05, 0) is 43.0 Å². The molecule has 1 aromatic heterocycles. The van der Waals surface area contributed by atoms with Crippen molar-refractivity contribution in [2.75, 3.05) is 24.5 Å². The molecule has 3 heterocycles. The standard InChI is InChI=1S/C18H19Cl2FN4/c19-15-2-1-12(7-16(15)20)10-24-5-3-13-4-6-25(11-17(13)24)18-22-8-14(21)9-23-18/h1-2,7-9,13,17H,3-6,10-11H2. The highest BCUT2D eigenvalue weighted by Crippen LogP contribution is 2.34. The molecule has 0 amide bonds. The van der Waals surface area contributed by atoms with Crippen molar-refractivity contribution < 1.29 is 4.39 Å². The van der Waals surface area contributed by atoms with Gasteiger partial charge in [0.05, 0.1) is 22.4 Å². The molecule has 2 atom stereocenters. The van der Waals surface area contributed by atoms with E-state index in [1.807, 2.05) is 18.2 Å². The lowest BCUT2D eigenvalue weighted by Crippen LogP contribution is -2.48. The molecule has 25 heavy (non-hydrogen) atoms. The van der Waals surface area contributed by atoms with Crippen molar-refractivity contribution in [2.45, 2.75) is 25.4 Å². The van der Waals surface area contributed by atoms with Crippen molar-refractivity contribution in [3.8, 4) is 0 Å². The van der Waals surface area contributed by atoms with Crippen LogP contribution in [0.1, 0.15) is 18.4 Å². The van der Waals surface area contributed by atoms with Gasteiger partial charge in [-0.1, -0.05) is 29.3 Å². The summed E-state index contributed by atoms with van der Waals surface area (Å²) in [4.78, 5) is 12.9. The highest BCUT2D eigenvalue weighted by Gasteiger charge is 2.38. The molecule has 0 radical (unpaired) electrons. The Bertz CT molecular complexity index is 755. The molecule has 1 aromatic carbocycles. The minimum Gasteiger partial charge on any atom is -0.339 e. The van der Waals surface area contributed by atoms with Crippen LogP contribution in [0.4, 0.5) is 10.3 Å². The molecule has 4 rings (SSSR count). The molecule has 132 valence electrons. The third kappa shape index (κ3) is 3.59. The number of anilines is 1. The molecule has 0 aliphatic carbocycles. The third-order valence-corrected chi connectivity index (χ3v) is 5.98. The van der Waals surface area contributed by atoms with Crippen LogP contribution in [-0.4, -0.2) is 40.5 Å². The lowest BCUT2D eigenvalue weighted by atomic mass is 9.92. The number of aromatic nitrogens is 2. The summed E-state index contributed by atoms with van der Waals surface area (Å²) in [5.74, 6) is 0.904. The van der Waals surface area contributed by atoms with Crippen molar-refractivity contribution in [3.63, 3.8) is 0 Å². The van der Waals surface area contributed by atoms with Gasteiger partial charge >= 0.3 is 0 Å². The van der Waals surface area contributed by atoms with Gasteiger partial charge < -0.3 is 4.90 Å². The van der Waals surface area contributed by atoms with E-state index >= 15 is 0 Å². The Hall–Kier alpha value is -1.43. The lowest BCUT2D eigenvalue weighted by molar-refractivity contribution is 0.200. The molecule has 0 spiro atoms. The van der Waals surface area contributed by atoms with Crippen molar-refractivity contribution in [3.05, 3.63) is 52.0 Å². The number of rotatable bonds is 3. The fourth-order valence-corrected chi connectivity index (χ4v) is 4.27. The number of likely N-dealkylation sites (tertiary alicyclic amines) is 1. The molecule has 2 saturated heterocycles. The molecule has 2 aliphatic heterocycles. The fraction of sp³-hybridized carbons (Fsp3) is 0.444. The molecule has 0 saturated carbocycles. The van der Waals surface area contributed by atoms with Crippen LogP contribution in [-0.2, 0) is 6.54 Å². The number of nitrogens with zero attached hydrogens (tertiary/aromatic N) is 4. The minimum atomic E-state index is -0.402. The summed E-state index contributed by atoms with van der Waals surface area (Å²) in [5.41, 5.74) is 1.17. The van der Waals surface area contributed by atoms with E-state index in [-0.39, 0.29) is 0 Å². The van der Waals surface area contributed by atoms with Crippen molar-refractivity contribution in [1.29, 1.82) is 0 Å².